The van der Waals surface area contributed by atoms with Gasteiger partial charge in [0.25, 0.3) is 5.24 Å². The number of aliphatic imine (C=N–C) groups is 1. The van der Waals surface area contributed by atoms with Crippen LogP contribution in [0.3, 0.4) is 0 Å². The summed E-state index contributed by atoms with van der Waals surface area (Å²) in [4.78, 5) is 14.4. The van der Waals surface area contributed by atoms with E-state index >= 15 is 0 Å². The molecule has 0 aromatic carbocycles. The Balaban J connectivity index is 2.57. The van der Waals surface area contributed by atoms with Crippen LogP contribution in [0.2, 0.25) is 0 Å². The number of rotatable bonds is 0. The first-order chi connectivity index (χ1) is 3.79. The van der Waals surface area contributed by atoms with Gasteiger partial charge < -0.3 is 5.32 Å². The fourth-order valence-corrected chi connectivity index (χ4v) is 1.01. The summed E-state index contributed by atoms with van der Waals surface area (Å²) in [5.74, 6) is 1.28. The van der Waals surface area contributed by atoms with Crippen molar-refractivity contribution in [3.05, 3.63) is 0 Å². The van der Waals surface area contributed by atoms with Gasteiger partial charge in [-0.25, -0.2) is 0 Å². The van der Waals surface area contributed by atoms with E-state index in [0.29, 0.717) is 11.7 Å². The molecular weight excluding hydrogens is 124 g/mol. The van der Waals surface area contributed by atoms with Crippen molar-refractivity contribution in [1.82, 2.24) is 5.32 Å². The normalized spacial score (nSPS) is 19.6. The Morgan fingerprint density at radius 2 is 2.62 bits per heavy atom. The number of carbonyl (C=O) groups is 1. The Labute approximate surface area is 51.6 Å². The van der Waals surface area contributed by atoms with Gasteiger partial charge in [0.15, 0.2) is 0 Å². The second-order valence-corrected chi connectivity index (χ2v) is 2.35. The molecule has 8 heavy (non-hydrogen) atoms. The maximum atomic E-state index is 10.4. The van der Waals surface area contributed by atoms with E-state index in [1.807, 2.05) is 0 Å². The summed E-state index contributed by atoms with van der Waals surface area (Å²) < 4.78 is 0. The quantitative estimate of drug-likeness (QED) is 0.527. The van der Waals surface area contributed by atoms with Gasteiger partial charge in [-0.3, -0.25) is 9.79 Å². The van der Waals surface area contributed by atoms with Crippen LogP contribution in [-0.4, -0.2) is 17.0 Å². The highest BCUT2D eigenvalue weighted by Gasteiger charge is 2.06. The second-order valence-electron chi connectivity index (χ2n) is 1.43. The lowest BCUT2D eigenvalue weighted by Gasteiger charge is -2.06. The van der Waals surface area contributed by atoms with Gasteiger partial charge in [0.1, 0.15) is 5.84 Å². The molecule has 0 unspecified atom stereocenters. The van der Waals surface area contributed by atoms with E-state index < -0.39 is 0 Å². The Morgan fingerprint density at radius 3 is 3.00 bits per heavy atom. The first-order valence-corrected chi connectivity index (χ1v) is 3.22. The van der Waals surface area contributed by atoms with Gasteiger partial charge in [-0.15, -0.1) is 0 Å². The molecule has 1 aliphatic heterocycles. The summed E-state index contributed by atoms with van der Waals surface area (Å²) in [6.07, 6.45) is 0. The lowest BCUT2D eigenvalue weighted by molar-refractivity contribution is 0.264. The molecule has 3 nitrogen and oxygen atoms in total. The van der Waals surface area contributed by atoms with Gasteiger partial charge in [-0.2, -0.15) is 0 Å². The number of amides is 1. The highest BCUT2D eigenvalue weighted by atomic mass is 32.2. The molecule has 44 valence electrons. The fraction of sp³-hybridized carbons (Fsp3) is 0.500. The number of thioether (sulfide) groups is 1. The Morgan fingerprint density at radius 1 is 1.88 bits per heavy atom. The van der Waals surface area contributed by atoms with Crippen LogP contribution in [-0.2, 0) is 0 Å². The molecular formula is C4H6N2OS. The maximum Gasteiger partial charge on any atom is 0.286 e. The Hall–Kier alpha value is -0.510. The lowest BCUT2D eigenvalue weighted by atomic mass is 10.7. The largest absolute Gasteiger partial charge is 0.305 e. The van der Waals surface area contributed by atoms with Gasteiger partial charge in [-0.05, 0) is 18.7 Å². The molecule has 0 spiro atoms. The van der Waals surface area contributed by atoms with Crippen molar-refractivity contribution in [3.63, 3.8) is 0 Å². The molecule has 1 heterocycles. The van der Waals surface area contributed by atoms with E-state index in [-0.39, 0.29) is 5.24 Å². The van der Waals surface area contributed by atoms with E-state index in [4.69, 9.17) is 0 Å². The minimum absolute atomic E-state index is 0.00231. The minimum atomic E-state index is -0.00231. The first kappa shape index (κ1) is 5.62. The highest BCUT2D eigenvalue weighted by molar-refractivity contribution is 8.13. The van der Waals surface area contributed by atoms with Crippen molar-refractivity contribution in [2.45, 2.75) is 6.92 Å². The summed E-state index contributed by atoms with van der Waals surface area (Å²) in [5.41, 5.74) is 0. The average molecular weight is 130 g/mol. The Bertz CT molecular complexity index is 143. The van der Waals surface area contributed by atoms with Crippen molar-refractivity contribution in [1.29, 1.82) is 0 Å². The lowest BCUT2D eigenvalue weighted by Crippen LogP contribution is -2.27. The molecule has 1 aliphatic rings. The van der Waals surface area contributed by atoms with E-state index in [9.17, 15) is 4.79 Å². The van der Waals surface area contributed by atoms with Gasteiger partial charge in [0.05, 0.1) is 5.88 Å². The van der Waals surface area contributed by atoms with Crippen LogP contribution < -0.4 is 5.32 Å². The topological polar surface area (TPSA) is 41.5 Å². The molecule has 0 aromatic rings. The molecule has 1 rings (SSSR count). The van der Waals surface area contributed by atoms with Crippen molar-refractivity contribution in [3.8, 4) is 0 Å². The van der Waals surface area contributed by atoms with E-state index in [1.165, 1.54) is 11.8 Å². The number of hydrogen-bond donors (Lipinski definition) is 1. The maximum absolute atomic E-state index is 10.4. The van der Waals surface area contributed by atoms with Crippen molar-refractivity contribution >= 4 is 22.8 Å². The van der Waals surface area contributed by atoms with Crippen LogP contribution in [0, 0.1) is 0 Å². The predicted octanol–water partition coefficient (Wildman–Crippen LogP) is 0.819. The smallest absolute Gasteiger partial charge is 0.286 e. The third kappa shape index (κ3) is 1.23. The zero-order chi connectivity index (χ0) is 5.98. The van der Waals surface area contributed by atoms with Crippen LogP contribution >= 0.6 is 11.8 Å². The first-order valence-electron chi connectivity index (χ1n) is 2.24. The van der Waals surface area contributed by atoms with E-state index in [1.54, 1.807) is 6.92 Å². The van der Waals surface area contributed by atoms with Crippen LogP contribution in [0.25, 0.3) is 0 Å². The molecule has 0 bridgehead atoms. The molecule has 1 N–H and O–H groups in total. The monoisotopic (exact) mass is 130 g/mol. The van der Waals surface area contributed by atoms with Crippen molar-refractivity contribution in [2.75, 3.05) is 5.88 Å². The minimum Gasteiger partial charge on any atom is -0.305 e. The summed E-state index contributed by atoms with van der Waals surface area (Å²) in [5, 5.41) is 2.55. The third-order valence-corrected chi connectivity index (χ3v) is 1.40. The zero-order valence-electron chi connectivity index (χ0n) is 4.47. The standard InChI is InChI=1S/C4H6N2OS/c1-3-5-2-8-4(7)6-3/h2H2,1H3,(H,5,6,7). The summed E-state index contributed by atoms with van der Waals surface area (Å²) in [6, 6.07) is 0. The summed E-state index contributed by atoms with van der Waals surface area (Å²) >= 11 is 1.18. The fourth-order valence-electron chi connectivity index (χ4n) is 0.411. The van der Waals surface area contributed by atoms with E-state index in [0.717, 1.165) is 0 Å². The highest BCUT2D eigenvalue weighted by Crippen LogP contribution is 2.05. The van der Waals surface area contributed by atoms with Crippen LogP contribution in [0.1, 0.15) is 6.92 Å². The number of amidine groups is 1. The molecule has 1 amide bonds. The van der Waals surface area contributed by atoms with Gasteiger partial charge >= 0.3 is 0 Å². The number of hydrogen-bond acceptors (Lipinski definition) is 3. The Kier molecular flexibility index (Phi) is 1.53. The SMILES string of the molecule is CC1=NCSC(=O)N1. The molecule has 4 heteroatoms. The number of nitrogens with zero attached hydrogens (tertiary/aromatic N) is 1. The van der Waals surface area contributed by atoms with Gasteiger partial charge in [-0.1, -0.05) is 0 Å². The number of carbonyl (C=O) groups excluding carboxylic acids is 1. The van der Waals surface area contributed by atoms with E-state index in [2.05, 4.69) is 10.3 Å². The predicted molar refractivity (Wildman–Crippen MR) is 34.1 cm³/mol. The van der Waals surface area contributed by atoms with Crippen LogP contribution in [0.15, 0.2) is 4.99 Å². The zero-order valence-corrected chi connectivity index (χ0v) is 5.29. The molecule has 0 radical (unpaired) electrons. The third-order valence-electron chi connectivity index (χ3n) is 0.780. The average Bonchev–Trinajstić information content (AvgIpc) is 1.64. The van der Waals surface area contributed by atoms with Crippen LogP contribution in [0.4, 0.5) is 4.79 Å². The molecule has 0 aliphatic carbocycles. The summed E-state index contributed by atoms with van der Waals surface area (Å²) in [6.45, 7) is 1.78. The van der Waals surface area contributed by atoms with Crippen molar-refractivity contribution in [2.24, 2.45) is 4.99 Å². The van der Waals surface area contributed by atoms with Gasteiger partial charge in [0.2, 0.25) is 0 Å². The number of nitrogens with one attached hydrogen (secondary N) is 1. The van der Waals surface area contributed by atoms with Crippen molar-refractivity contribution < 1.29 is 4.79 Å². The summed E-state index contributed by atoms with van der Waals surface area (Å²) in [7, 11) is 0. The van der Waals surface area contributed by atoms with Gasteiger partial charge in [0, 0.05) is 0 Å². The molecule has 0 saturated carbocycles. The van der Waals surface area contributed by atoms with Crippen LogP contribution in [0.5, 0.6) is 0 Å². The molecule has 0 aromatic heterocycles. The molecule has 0 atom stereocenters. The molecule has 0 saturated heterocycles. The molecule has 0 fully saturated rings. The second kappa shape index (κ2) is 2.17.